The van der Waals surface area contributed by atoms with Crippen LogP contribution in [0, 0.1) is 7.05 Å². The second kappa shape index (κ2) is 10.0. The smallest absolute Gasteiger partial charge is 0.00857 e. The zero-order valence-electron chi connectivity index (χ0n) is 11.9. The average molecular weight is 334 g/mol. The minimum absolute atomic E-state index is 0. The van der Waals surface area contributed by atoms with E-state index in [1.807, 2.05) is 0 Å². The van der Waals surface area contributed by atoms with Crippen LogP contribution >= 0.6 is 0 Å². The standard InChI is InChI=1S/C16H25N2.Y/c1-17-12-14-18(15-13-17)11-7-3-6-10-16-8-4-2-5-9-16;/h2,4-5,8-9H,1,3,6-7,10-15H2;/q-1;. The summed E-state index contributed by atoms with van der Waals surface area (Å²) in [5.74, 6) is 0. The third-order valence-electron chi connectivity index (χ3n) is 3.75. The Morgan fingerprint density at radius 1 is 0.895 bits per heavy atom. The Labute approximate surface area is 143 Å². The van der Waals surface area contributed by atoms with Gasteiger partial charge in [0.1, 0.15) is 0 Å². The molecule has 19 heavy (non-hydrogen) atoms. The van der Waals surface area contributed by atoms with Gasteiger partial charge in [-0.25, -0.2) is 0 Å². The van der Waals surface area contributed by atoms with Gasteiger partial charge in [0.05, 0.1) is 0 Å². The fourth-order valence-corrected chi connectivity index (χ4v) is 2.50. The molecule has 1 aliphatic heterocycles. The molecule has 0 bridgehead atoms. The Bertz CT molecular complexity index is 321. The summed E-state index contributed by atoms with van der Waals surface area (Å²) in [5, 5.41) is 0. The second-order valence-electron chi connectivity index (χ2n) is 5.26. The molecule has 0 amide bonds. The molecule has 1 aromatic rings. The maximum atomic E-state index is 3.98. The van der Waals surface area contributed by atoms with E-state index < -0.39 is 0 Å². The summed E-state index contributed by atoms with van der Waals surface area (Å²) in [5.41, 5.74) is 1.48. The summed E-state index contributed by atoms with van der Waals surface area (Å²) in [6, 6.07) is 10.8. The summed E-state index contributed by atoms with van der Waals surface area (Å²) in [7, 11) is 3.98. The molecule has 1 radical (unpaired) electrons. The molecule has 1 aliphatic rings. The van der Waals surface area contributed by atoms with Crippen LogP contribution in [0.3, 0.4) is 0 Å². The number of benzene rings is 1. The van der Waals surface area contributed by atoms with E-state index in [9.17, 15) is 0 Å². The van der Waals surface area contributed by atoms with Crippen LogP contribution in [0.2, 0.25) is 0 Å². The topological polar surface area (TPSA) is 6.48 Å². The summed E-state index contributed by atoms with van der Waals surface area (Å²) >= 11 is 0. The molecule has 2 nitrogen and oxygen atoms in total. The first-order chi connectivity index (χ1) is 8.84. The Balaban J connectivity index is 0.00000180. The Kier molecular flexibility index (Phi) is 9.14. The maximum absolute atomic E-state index is 3.98. The molecular weight excluding hydrogens is 309 g/mol. The van der Waals surface area contributed by atoms with Crippen LogP contribution in [0.1, 0.15) is 24.8 Å². The number of unbranched alkanes of at least 4 members (excludes halogenated alkanes) is 2. The fraction of sp³-hybridized carbons (Fsp3) is 0.562. The summed E-state index contributed by atoms with van der Waals surface area (Å²) in [4.78, 5) is 4.75. The van der Waals surface area contributed by atoms with Crippen LogP contribution in [-0.4, -0.2) is 42.5 Å². The number of nitrogens with zero attached hydrogens (tertiary/aromatic N) is 2. The molecule has 0 unspecified atom stereocenters. The molecule has 1 heterocycles. The molecular formula is C16H25N2Y-. The minimum atomic E-state index is 0. The number of hydrogen-bond donors (Lipinski definition) is 0. The van der Waals surface area contributed by atoms with Crippen molar-refractivity contribution in [2.75, 3.05) is 32.7 Å². The van der Waals surface area contributed by atoms with Gasteiger partial charge >= 0.3 is 0 Å². The van der Waals surface area contributed by atoms with Crippen LogP contribution in [-0.2, 0) is 39.1 Å². The van der Waals surface area contributed by atoms with E-state index in [2.05, 4.69) is 47.2 Å². The van der Waals surface area contributed by atoms with Crippen molar-refractivity contribution in [1.82, 2.24) is 9.80 Å². The molecule has 0 atom stereocenters. The molecule has 103 valence electrons. The van der Waals surface area contributed by atoms with Crippen molar-refractivity contribution in [3.8, 4) is 0 Å². The average Bonchev–Trinajstić information content (AvgIpc) is 2.42. The van der Waals surface area contributed by atoms with Crippen molar-refractivity contribution in [3.63, 3.8) is 0 Å². The summed E-state index contributed by atoms with van der Waals surface area (Å²) in [6.45, 7) is 5.92. The van der Waals surface area contributed by atoms with Gasteiger partial charge in [-0.15, -0.1) is 0 Å². The van der Waals surface area contributed by atoms with Crippen LogP contribution < -0.4 is 0 Å². The van der Waals surface area contributed by atoms with Crippen molar-refractivity contribution in [1.29, 1.82) is 0 Å². The quantitative estimate of drug-likeness (QED) is 0.583. The van der Waals surface area contributed by atoms with Crippen molar-refractivity contribution in [2.45, 2.75) is 25.7 Å². The predicted molar refractivity (Wildman–Crippen MR) is 77.4 cm³/mol. The van der Waals surface area contributed by atoms with Gasteiger partial charge in [-0.1, -0.05) is 36.8 Å². The van der Waals surface area contributed by atoms with Gasteiger partial charge in [0.2, 0.25) is 0 Å². The van der Waals surface area contributed by atoms with E-state index in [4.69, 9.17) is 0 Å². The number of aryl methyl sites for hydroxylation is 1. The zero-order chi connectivity index (χ0) is 12.6. The molecule has 0 aromatic heterocycles. The fourth-order valence-electron chi connectivity index (χ4n) is 2.50. The largest absolute Gasteiger partial charge is 0.457 e. The van der Waals surface area contributed by atoms with Crippen LogP contribution in [0.4, 0.5) is 0 Å². The van der Waals surface area contributed by atoms with Gasteiger partial charge in [-0.2, -0.15) is 0 Å². The molecule has 0 aliphatic carbocycles. The first-order valence-corrected chi connectivity index (χ1v) is 7.16. The molecule has 1 fully saturated rings. The summed E-state index contributed by atoms with van der Waals surface area (Å²) in [6.07, 6.45) is 5.23. The minimum Gasteiger partial charge on any atom is -0.457 e. The molecule has 1 saturated heterocycles. The van der Waals surface area contributed by atoms with E-state index in [0.717, 1.165) is 13.1 Å². The van der Waals surface area contributed by atoms with E-state index in [1.54, 1.807) is 0 Å². The zero-order valence-corrected chi connectivity index (χ0v) is 14.8. The van der Waals surface area contributed by atoms with Crippen LogP contribution in [0.5, 0.6) is 0 Å². The van der Waals surface area contributed by atoms with E-state index in [0.29, 0.717) is 0 Å². The molecule has 0 N–H and O–H groups in total. The van der Waals surface area contributed by atoms with Gasteiger partial charge < -0.3 is 9.80 Å². The molecule has 0 spiro atoms. The Morgan fingerprint density at radius 2 is 1.58 bits per heavy atom. The van der Waals surface area contributed by atoms with Gasteiger partial charge in [0.15, 0.2) is 0 Å². The molecule has 1 aromatic carbocycles. The van der Waals surface area contributed by atoms with E-state index in [1.165, 1.54) is 50.9 Å². The van der Waals surface area contributed by atoms with Gasteiger partial charge in [0, 0.05) is 45.8 Å². The van der Waals surface area contributed by atoms with Crippen LogP contribution in [0.25, 0.3) is 0 Å². The Morgan fingerprint density at radius 3 is 2.26 bits per heavy atom. The molecule has 2 rings (SSSR count). The molecule has 3 heteroatoms. The first-order valence-electron chi connectivity index (χ1n) is 7.16. The van der Waals surface area contributed by atoms with Crippen molar-refractivity contribution in [3.05, 3.63) is 42.9 Å². The first kappa shape index (κ1) is 17.3. The van der Waals surface area contributed by atoms with E-state index >= 15 is 0 Å². The number of piperazine rings is 1. The van der Waals surface area contributed by atoms with Crippen LogP contribution in [0.15, 0.2) is 30.3 Å². The third-order valence-corrected chi connectivity index (χ3v) is 3.75. The number of hydrogen-bond acceptors (Lipinski definition) is 2. The predicted octanol–water partition coefficient (Wildman–Crippen LogP) is 2.81. The normalized spacial score (nSPS) is 17.1. The SMILES string of the molecule is [CH2-]N1CCN(CCCCCc2ccccc2)CC1.[Y]. The third kappa shape index (κ3) is 6.99. The van der Waals surface area contributed by atoms with Crippen molar-refractivity contribution >= 4 is 0 Å². The molecule has 0 saturated carbocycles. The van der Waals surface area contributed by atoms with Crippen molar-refractivity contribution < 1.29 is 32.7 Å². The van der Waals surface area contributed by atoms with Gasteiger partial charge in [0.25, 0.3) is 0 Å². The van der Waals surface area contributed by atoms with Crippen molar-refractivity contribution in [2.24, 2.45) is 0 Å². The van der Waals surface area contributed by atoms with E-state index in [-0.39, 0.29) is 32.7 Å². The van der Waals surface area contributed by atoms with Gasteiger partial charge in [-0.3, -0.25) is 7.05 Å². The maximum Gasteiger partial charge on any atom is 0.00857 e. The summed E-state index contributed by atoms with van der Waals surface area (Å²) < 4.78 is 0. The number of rotatable bonds is 6. The Hall–Kier alpha value is 0.244. The monoisotopic (exact) mass is 334 g/mol. The second-order valence-corrected chi connectivity index (χ2v) is 5.26. The van der Waals surface area contributed by atoms with Gasteiger partial charge in [-0.05, 0) is 44.5 Å².